The number of esters is 1. The largest absolute Gasteiger partial charge is 0.457 e. The van der Waals surface area contributed by atoms with E-state index in [1.807, 2.05) is 0 Å². The van der Waals surface area contributed by atoms with Crippen molar-refractivity contribution in [2.75, 3.05) is 19.8 Å². The highest BCUT2D eigenvalue weighted by Crippen LogP contribution is 2.16. The molecule has 0 heterocycles. The maximum Gasteiger partial charge on any atom is 0.306 e. The number of hydrogen-bond acceptors (Lipinski definition) is 4. The summed E-state index contributed by atoms with van der Waals surface area (Å²) in [6.07, 6.45) is 58.7. The van der Waals surface area contributed by atoms with Gasteiger partial charge in [0.25, 0.3) is 0 Å². The van der Waals surface area contributed by atoms with Crippen LogP contribution >= 0.6 is 0 Å². The molecule has 0 aliphatic carbocycles. The highest BCUT2D eigenvalue weighted by Gasteiger charge is 2.13. The van der Waals surface area contributed by atoms with Gasteiger partial charge in [-0.25, -0.2) is 0 Å². The number of rotatable bonds is 47. The number of carbonyl (C=O) groups excluding carboxylic acids is 1. The summed E-state index contributed by atoms with van der Waals surface area (Å²) in [5.74, 6) is -0.193. The third-order valence-corrected chi connectivity index (χ3v) is 11.3. The molecule has 4 heteroatoms. The summed E-state index contributed by atoms with van der Waals surface area (Å²) >= 11 is 0. The molecule has 0 aromatic heterocycles. The van der Waals surface area contributed by atoms with Gasteiger partial charge in [0.15, 0.2) is 0 Å². The lowest BCUT2D eigenvalue weighted by Crippen LogP contribution is -2.27. The lowest BCUT2D eigenvalue weighted by atomic mass is 10.0. The van der Waals surface area contributed by atoms with E-state index >= 15 is 0 Å². The van der Waals surface area contributed by atoms with E-state index in [1.165, 1.54) is 238 Å². The minimum absolute atomic E-state index is 0.165. The Labute approximate surface area is 339 Å². The lowest BCUT2D eigenvalue weighted by Gasteiger charge is -2.16. The SMILES string of the molecule is CCCCCCCCCC/C=C\CCCCCCCCCCCCCCOCC(CO)OC(=O)CCCCCCCCCCCCCCCCCCCC. The fourth-order valence-corrected chi connectivity index (χ4v) is 7.62. The number of carbonyl (C=O) groups is 1. The van der Waals surface area contributed by atoms with E-state index in [2.05, 4.69) is 26.0 Å². The summed E-state index contributed by atoms with van der Waals surface area (Å²) in [4.78, 5) is 12.2. The van der Waals surface area contributed by atoms with Crippen molar-refractivity contribution in [3.63, 3.8) is 0 Å². The monoisotopic (exact) mass is 763 g/mol. The maximum absolute atomic E-state index is 12.2. The number of unbranched alkanes of at least 4 members (excludes halogenated alkanes) is 37. The summed E-state index contributed by atoms with van der Waals surface area (Å²) in [5, 5.41) is 9.64. The van der Waals surface area contributed by atoms with Crippen LogP contribution in [0.4, 0.5) is 0 Å². The molecular weight excluding hydrogens is 665 g/mol. The summed E-state index contributed by atoms with van der Waals surface area (Å²) in [7, 11) is 0. The van der Waals surface area contributed by atoms with E-state index in [0.717, 1.165) is 19.3 Å². The predicted molar refractivity (Wildman–Crippen MR) is 238 cm³/mol. The number of ether oxygens (including phenoxy) is 2. The molecule has 0 saturated heterocycles. The Balaban J connectivity index is 3.35. The number of hydrogen-bond donors (Lipinski definition) is 1. The van der Waals surface area contributed by atoms with Gasteiger partial charge in [0.2, 0.25) is 0 Å². The molecule has 54 heavy (non-hydrogen) atoms. The van der Waals surface area contributed by atoms with E-state index in [9.17, 15) is 9.90 Å². The molecule has 0 saturated carbocycles. The molecule has 0 aromatic rings. The van der Waals surface area contributed by atoms with Crippen molar-refractivity contribution in [3.05, 3.63) is 12.2 Å². The van der Waals surface area contributed by atoms with Crippen LogP contribution in [0.15, 0.2) is 12.2 Å². The molecule has 1 N–H and O–H groups in total. The quantitative estimate of drug-likeness (QED) is 0.0381. The first kappa shape index (κ1) is 53.1. The molecule has 0 aliphatic heterocycles. The summed E-state index contributed by atoms with van der Waals surface area (Å²) in [5.41, 5.74) is 0. The zero-order valence-electron chi connectivity index (χ0n) is 37.0. The van der Waals surface area contributed by atoms with Gasteiger partial charge in [-0.15, -0.1) is 0 Å². The topological polar surface area (TPSA) is 55.8 Å². The van der Waals surface area contributed by atoms with Crippen LogP contribution in [0.5, 0.6) is 0 Å². The molecular formula is C50H98O4. The second kappa shape index (κ2) is 48.3. The van der Waals surface area contributed by atoms with Gasteiger partial charge in [-0.05, 0) is 38.5 Å². The van der Waals surface area contributed by atoms with Gasteiger partial charge in [-0.1, -0.05) is 244 Å². The van der Waals surface area contributed by atoms with Gasteiger partial charge in [0, 0.05) is 13.0 Å². The zero-order chi connectivity index (χ0) is 39.1. The number of allylic oxidation sites excluding steroid dienone is 2. The van der Waals surface area contributed by atoms with Crippen LogP contribution in [0, 0.1) is 0 Å². The Morgan fingerprint density at radius 2 is 0.722 bits per heavy atom. The molecule has 0 bridgehead atoms. The molecule has 0 rings (SSSR count). The average Bonchev–Trinajstić information content (AvgIpc) is 3.18. The van der Waals surface area contributed by atoms with Crippen LogP contribution in [-0.4, -0.2) is 37.0 Å². The van der Waals surface area contributed by atoms with Gasteiger partial charge >= 0.3 is 5.97 Å². The molecule has 4 nitrogen and oxygen atoms in total. The summed E-state index contributed by atoms with van der Waals surface area (Å²) < 4.78 is 11.2. The third-order valence-electron chi connectivity index (χ3n) is 11.3. The standard InChI is InChI=1S/C50H98O4/c1-3-5-7-9-11-13-15-17-19-21-23-24-25-26-27-28-30-32-34-36-38-40-42-44-46-53-48-49(47-51)54-50(52)45-43-41-39-37-35-33-31-29-22-20-18-16-14-12-10-8-6-4-2/h21,23,49,51H,3-20,22,24-48H2,1-2H3/b23-21-. The first-order valence-electron chi connectivity index (χ1n) is 24.8. The van der Waals surface area contributed by atoms with Gasteiger partial charge < -0.3 is 14.6 Å². The summed E-state index contributed by atoms with van der Waals surface area (Å²) in [6.45, 7) is 5.40. The van der Waals surface area contributed by atoms with Crippen molar-refractivity contribution in [2.24, 2.45) is 0 Å². The Kier molecular flexibility index (Phi) is 47.5. The maximum atomic E-state index is 12.2. The van der Waals surface area contributed by atoms with Crippen molar-refractivity contribution >= 4 is 5.97 Å². The molecule has 0 aromatic carbocycles. The van der Waals surface area contributed by atoms with Gasteiger partial charge in [0.05, 0.1) is 13.2 Å². The fraction of sp³-hybridized carbons (Fsp3) is 0.940. The minimum atomic E-state index is -0.528. The first-order chi connectivity index (χ1) is 26.7. The van der Waals surface area contributed by atoms with Crippen LogP contribution in [0.1, 0.15) is 277 Å². The normalized spacial score (nSPS) is 12.3. The highest BCUT2D eigenvalue weighted by molar-refractivity contribution is 5.69. The van der Waals surface area contributed by atoms with Gasteiger partial charge in [-0.3, -0.25) is 4.79 Å². The van der Waals surface area contributed by atoms with Crippen molar-refractivity contribution in [3.8, 4) is 0 Å². The molecule has 0 fully saturated rings. The Morgan fingerprint density at radius 3 is 1.06 bits per heavy atom. The van der Waals surface area contributed by atoms with Crippen molar-refractivity contribution in [2.45, 2.75) is 283 Å². The van der Waals surface area contributed by atoms with Crippen molar-refractivity contribution < 1.29 is 19.4 Å². The Bertz CT molecular complexity index is 721. The molecule has 0 spiro atoms. The van der Waals surface area contributed by atoms with E-state index in [-0.39, 0.29) is 12.6 Å². The molecule has 1 atom stereocenters. The van der Waals surface area contributed by atoms with Crippen LogP contribution in [-0.2, 0) is 14.3 Å². The third kappa shape index (κ3) is 45.5. The lowest BCUT2D eigenvalue weighted by molar-refractivity contribution is -0.154. The van der Waals surface area contributed by atoms with Crippen LogP contribution < -0.4 is 0 Å². The van der Waals surface area contributed by atoms with E-state index in [1.54, 1.807) is 0 Å². The first-order valence-corrected chi connectivity index (χ1v) is 24.8. The van der Waals surface area contributed by atoms with E-state index < -0.39 is 6.10 Å². The Morgan fingerprint density at radius 1 is 0.426 bits per heavy atom. The molecule has 0 aliphatic rings. The molecule has 1 unspecified atom stereocenters. The average molecular weight is 763 g/mol. The van der Waals surface area contributed by atoms with Crippen LogP contribution in [0.3, 0.4) is 0 Å². The molecule has 322 valence electrons. The molecule has 0 radical (unpaired) electrons. The minimum Gasteiger partial charge on any atom is -0.457 e. The van der Waals surface area contributed by atoms with E-state index in [4.69, 9.17) is 9.47 Å². The number of aliphatic hydroxyl groups excluding tert-OH is 1. The smallest absolute Gasteiger partial charge is 0.306 e. The fourth-order valence-electron chi connectivity index (χ4n) is 7.62. The second-order valence-corrected chi connectivity index (χ2v) is 16.9. The van der Waals surface area contributed by atoms with Gasteiger partial charge in [-0.2, -0.15) is 0 Å². The van der Waals surface area contributed by atoms with E-state index in [0.29, 0.717) is 19.6 Å². The van der Waals surface area contributed by atoms with Gasteiger partial charge in [0.1, 0.15) is 6.10 Å². The Hall–Kier alpha value is -0.870. The molecule has 0 amide bonds. The zero-order valence-corrected chi connectivity index (χ0v) is 37.0. The second-order valence-electron chi connectivity index (χ2n) is 16.9. The van der Waals surface area contributed by atoms with Crippen LogP contribution in [0.25, 0.3) is 0 Å². The van der Waals surface area contributed by atoms with Crippen molar-refractivity contribution in [1.29, 1.82) is 0 Å². The van der Waals surface area contributed by atoms with Crippen LogP contribution in [0.2, 0.25) is 0 Å². The predicted octanol–water partition coefficient (Wildman–Crippen LogP) is 16.5. The summed E-state index contributed by atoms with van der Waals surface area (Å²) in [6, 6.07) is 0. The number of aliphatic hydroxyl groups is 1. The van der Waals surface area contributed by atoms with Crippen molar-refractivity contribution in [1.82, 2.24) is 0 Å². The highest BCUT2D eigenvalue weighted by atomic mass is 16.6.